The molecule has 356 valence electrons. The molecule has 1 fully saturated rings. The summed E-state index contributed by atoms with van der Waals surface area (Å²) in [6, 6.07) is -1.29. The molecule has 0 bridgehead atoms. The molecule has 0 aromatic rings. The molecular weight excluding hydrogens is 767 g/mol. The summed E-state index contributed by atoms with van der Waals surface area (Å²) in [5, 5.41) is 86.3. The van der Waals surface area contributed by atoms with Crippen molar-refractivity contribution >= 4 is 5.91 Å². The molecule has 9 N–H and O–H groups in total. The first kappa shape index (κ1) is 56.8. The second-order valence-corrected chi connectivity index (χ2v) is 17.7. The van der Waals surface area contributed by atoms with Crippen LogP contribution in [0, 0.1) is 0 Å². The number of hydrogen-bond acceptors (Lipinski definition) is 11. The van der Waals surface area contributed by atoms with Gasteiger partial charge in [0.25, 0.3) is 5.91 Å². The zero-order valence-corrected chi connectivity index (χ0v) is 38.1. The molecule has 0 aliphatic carbocycles. The van der Waals surface area contributed by atoms with Gasteiger partial charge in [-0.1, -0.05) is 187 Å². The van der Waals surface area contributed by atoms with E-state index in [1.54, 1.807) is 0 Å². The van der Waals surface area contributed by atoms with Crippen LogP contribution >= 0.6 is 0 Å². The van der Waals surface area contributed by atoms with E-state index in [1.807, 2.05) is 0 Å². The Morgan fingerprint density at radius 1 is 0.567 bits per heavy atom. The van der Waals surface area contributed by atoms with Crippen molar-refractivity contribution < 1.29 is 55.1 Å². The van der Waals surface area contributed by atoms with Gasteiger partial charge in [0.1, 0.15) is 30.5 Å². The summed E-state index contributed by atoms with van der Waals surface area (Å²) in [5.41, 5.74) is 0. The second kappa shape index (κ2) is 38.3. The molecular formula is C48H93NO11. The van der Waals surface area contributed by atoms with E-state index in [-0.39, 0.29) is 12.8 Å². The molecule has 0 spiro atoms. The van der Waals surface area contributed by atoms with Crippen molar-refractivity contribution in [3.8, 4) is 0 Å². The highest BCUT2D eigenvalue weighted by Gasteiger charge is 2.44. The number of ether oxygens (including phenoxy) is 2. The normalized spacial score (nSPS) is 22.2. The fourth-order valence-corrected chi connectivity index (χ4v) is 7.99. The van der Waals surface area contributed by atoms with Crippen molar-refractivity contribution in [1.29, 1.82) is 0 Å². The molecule has 60 heavy (non-hydrogen) atoms. The van der Waals surface area contributed by atoms with Crippen LogP contribution in [0.3, 0.4) is 0 Å². The lowest BCUT2D eigenvalue weighted by Gasteiger charge is -2.40. The highest BCUT2D eigenvalue weighted by molar-refractivity contribution is 5.81. The van der Waals surface area contributed by atoms with E-state index >= 15 is 0 Å². The smallest absolute Gasteiger partial charge is 0.251 e. The molecule has 12 heteroatoms. The molecule has 12 nitrogen and oxygen atoms in total. The number of hydrogen-bond donors (Lipinski definition) is 9. The Labute approximate surface area is 364 Å². The Morgan fingerprint density at radius 3 is 1.42 bits per heavy atom. The van der Waals surface area contributed by atoms with E-state index in [0.717, 1.165) is 38.5 Å². The average molecular weight is 860 g/mol. The number of carbonyl (C=O) groups is 1. The number of nitrogens with one attached hydrogen (secondary N) is 1. The molecule has 1 saturated heterocycles. The Kier molecular flexibility index (Phi) is 36.3. The summed E-state index contributed by atoms with van der Waals surface area (Å²) in [5.74, 6) is -0.948. The third kappa shape index (κ3) is 27.1. The number of aliphatic hydroxyl groups is 8. The first-order valence-electron chi connectivity index (χ1n) is 24.7. The minimum atomic E-state index is -1.79. The average Bonchev–Trinajstić information content (AvgIpc) is 3.25. The quantitative estimate of drug-likeness (QED) is 0.0218. The maximum Gasteiger partial charge on any atom is 0.251 e. The highest BCUT2D eigenvalue weighted by atomic mass is 16.7. The molecule has 0 aromatic carbocycles. The van der Waals surface area contributed by atoms with Crippen molar-refractivity contribution in [3.63, 3.8) is 0 Å². The Morgan fingerprint density at radius 2 is 0.967 bits per heavy atom. The maximum absolute atomic E-state index is 13.1. The first-order valence-corrected chi connectivity index (χ1v) is 24.7. The fraction of sp³-hybridized carbons (Fsp3) is 0.938. The van der Waals surface area contributed by atoms with Crippen molar-refractivity contribution in [2.24, 2.45) is 0 Å². The van der Waals surface area contributed by atoms with Crippen LogP contribution in [-0.2, 0) is 14.3 Å². The van der Waals surface area contributed by atoms with E-state index in [9.17, 15) is 45.6 Å². The van der Waals surface area contributed by atoms with Crippen LogP contribution in [0.2, 0.25) is 0 Å². The molecule has 10 unspecified atom stereocenters. The van der Waals surface area contributed by atoms with E-state index in [4.69, 9.17) is 9.47 Å². The fourth-order valence-electron chi connectivity index (χ4n) is 7.99. The molecule has 0 aromatic heterocycles. The number of carbonyl (C=O) groups excluding carboxylic acids is 1. The lowest BCUT2D eigenvalue weighted by atomic mass is 9.98. The standard InChI is InChI=1S/C48H93NO11/c1-3-5-7-9-11-13-15-17-18-19-20-21-22-23-25-27-29-31-33-35-40(52)43(54)47(58)49-38(37-59-48-46(57)45(56)44(55)41(36-50)60-48)42(53)39(51)34-32-30-28-26-24-16-14-12-10-8-6-4-2/h13,15,38-46,48,50-57H,3-12,14,16-37H2,1-2H3,(H,49,58). The lowest BCUT2D eigenvalue weighted by molar-refractivity contribution is -0.303. The Hall–Kier alpha value is -1.19. The number of allylic oxidation sites excluding steroid dienone is 2. The van der Waals surface area contributed by atoms with Gasteiger partial charge in [-0.2, -0.15) is 0 Å². The van der Waals surface area contributed by atoms with Gasteiger partial charge in [-0.15, -0.1) is 0 Å². The molecule has 0 radical (unpaired) electrons. The van der Waals surface area contributed by atoms with Crippen molar-refractivity contribution in [2.45, 2.75) is 274 Å². The topological polar surface area (TPSA) is 209 Å². The van der Waals surface area contributed by atoms with Crippen LogP contribution in [0.25, 0.3) is 0 Å². The molecule has 1 amide bonds. The summed E-state index contributed by atoms with van der Waals surface area (Å²) < 4.78 is 11.0. The maximum atomic E-state index is 13.1. The van der Waals surface area contributed by atoms with Gasteiger partial charge >= 0.3 is 0 Å². The molecule has 1 rings (SSSR count). The van der Waals surface area contributed by atoms with Gasteiger partial charge in [0.2, 0.25) is 0 Å². The molecule has 1 aliphatic heterocycles. The van der Waals surface area contributed by atoms with Crippen LogP contribution in [0.4, 0.5) is 0 Å². The van der Waals surface area contributed by atoms with Gasteiger partial charge in [-0.3, -0.25) is 4.79 Å². The second-order valence-electron chi connectivity index (χ2n) is 17.7. The first-order chi connectivity index (χ1) is 29.1. The minimum absolute atomic E-state index is 0.221. The zero-order chi connectivity index (χ0) is 44.2. The van der Waals surface area contributed by atoms with Gasteiger partial charge in [-0.25, -0.2) is 0 Å². The van der Waals surface area contributed by atoms with E-state index in [0.29, 0.717) is 12.8 Å². The van der Waals surface area contributed by atoms with Crippen LogP contribution in [0.15, 0.2) is 12.2 Å². The minimum Gasteiger partial charge on any atom is -0.394 e. The zero-order valence-electron chi connectivity index (χ0n) is 38.1. The van der Waals surface area contributed by atoms with Gasteiger partial charge in [-0.05, 0) is 38.5 Å². The lowest BCUT2D eigenvalue weighted by Crippen LogP contribution is -2.60. The van der Waals surface area contributed by atoms with Gasteiger partial charge in [0.05, 0.1) is 31.5 Å². The number of rotatable bonds is 41. The predicted octanol–water partition coefficient (Wildman–Crippen LogP) is 7.42. The van der Waals surface area contributed by atoms with Crippen LogP contribution < -0.4 is 5.32 Å². The third-order valence-electron chi connectivity index (χ3n) is 12.2. The van der Waals surface area contributed by atoms with Crippen molar-refractivity contribution in [1.82, 2.24) is 5.32 Å². The summed E-state index contributed by atoms with van der Waals surface area (Å²) in [6.45, 7) is 3.30. The van der Waals surface area contributed by atoms with E-state index in [2.05, 4.69) is 31.3 Å². The summed E-state index contributed by atoms with van der Waals surface area (Å²) in [7, 11) is 0. The number of amides is 1. The third-order valence-corrected chi connectivity index (χ3v) is 12.2. The summed E-state index contributed by atoms with van der Waals surface area (Å²) in [4.78, 5) is 13.1. The van der Waals surface area contributed by atoms with Gasteiger partial charge < -0.3 is 55.6 Å². The predicted molar refractivity (Wildman–Crippen MR) is 239 cm³/mol. The molecule has 1 aliphatic rings. The summed E-state index contributed by atoms with van der Waals surface area (Å²) in [6.07, 6.45) is 25.5. The Balaban J connectivity index is 2.44. The Bertz CT molecular complexity index is 1000. The molecule has 1 heterocycles. The van der Waals surface area contributed by atoms with E-state index in [1.165, 1.54) is 135 Å². The van der Waals surface area contributed by atoms with Crippen LogP contribution in [-0.4, -0.2) is 121 Å². The molecule has 0 saturated carbocycles. The highest BCUT2D eigenvalue weighted by Crippen LogP contribution is 2.23. The van der Waals surface area contributed by atoms with Gasteiger partial charge in [0.15, 0.2) is 12.4 Å². The largest absolute Gasteiger partial charge is 0.394 e. The van der Waals surface area contributed by atoms with Crippen LogP contribution in [0.1, 0.15) is 213 Å². The van der Waals surface area contributed by atoms with Crippen molar-refractivity contribution in [3.05, 3.63) is 12.2 Å². The summed E-state index contributed by atoms with van der Waals surface area (Å²) >= 11 is 0. The van der Waals surface area contributed by atoms with E-state index < -0.39 is 80.3 Å². The SMILES string of the molecule is CCCCCCC=CCCCCCCCCCCCCCC(O)C(O)C(=O)NC(COC1OC(CO)C(O)C(O)C1O)C(O)C(O)CCCCCCCCCCCCCC. The van der Waals surface area contributed by atoms with Gasteiger partial charge in [0, 0.05) is 0 Å². The monoisotopic (exact) mass is 860 g/mol. The van der Waals surface area contributed by atoms with Crippen LogP contribution in [0.5, 0.6) is 0 Å². The number of aliphatic hydroxyl groups excluding tert-OH is 8. The molecule has 10 atom stereocenters. The number of unbranched alkanes of at least 4 members (excludes halogenated alkanes) is 26. The van der Waals surface area contributed by atoms with Crippen molar-refractivity contribution in [2.75, 3.05) is 13.2 Å².